The van der Waals surface area contributed by atoms with Crippen LogP contribution in [0, 0.1) is 6.92 Å². The largest absolute Gasteiger partial charge is 0.497 e. The van der Waals surface area contributed by atoms with E-state index in [1.54, 1.807) is 33.5 Å². The number of para-hydroxylation sites is 1. The number of hydrogen-bond donors (Lipinski definition) is 1. The van der Waals surface area contributed by atoms with E-state index in [0.29, 0.717) is 39.7 Å². The summed E-state index contributed by atoms with van der Waals surface area (Å²) in [6.07, 6.45) is 0. The summed E-state index contributed by atoms with van der Waals surface area (Å²) >= 11 is 0. The Morgan fingerprint density at radius 2 is 1.62 bits per heavy atom. The highest BCUT2D eigenvalue weighted by molar-refractivity contribution is 6.13. The third kappa shape index (κ3) is 4.07. The lowest BCUT2D eigenvalue weighted by Crippen LogP contribution is -2.14. The zero-order valence-electron chi connectivity index (χ0n) is 18.4. The average molecular weight is 428 g/mol. The van der Waals surface area contributed by atoms with Crippen molar-refractivity contribution < 1.29 is 19.0 Å². The van der Waals surface area contributed by atoms with Gasteiger partial charge in [-0.05, 0) is 48.9 Å². The number of benzene rings is 3. The van der Waals surface area contributed by atoms with Gasteiger partial charge in [0.25, 0.3) is 5.91 Å². The van der Waals surface area contributed by atoms with Crippen LogP contribution in [-0.2, 0) is 0 Å². The monoisotopic (exact) mass is 428 g/mol. The first kappa shape index (κ1) is 21.2. The fourth-order valence-corrected chi connectivity index (χ4v) is 3.62. The number of aromatic nitrogens is 1. The highest BCUT2D eigenvalue weighted by Crippen LogP contribution is 2.35. The maximum absolute atomic E-state index is 13.4. The molecule has 1 amide bonds. The molecule has 0 aliphatic carbocycles. The van der Waals surface area contributed by atoms with Gasteiger partial charge >= 0.3 is 0 Å². The molecular weight excluding hydrogens is 404 g/mol. The Bertz CT molecular complexity index is 1300. The van der Waals surface area contributed by atoms with Crippen LogP contribution in [-0.4, -0.2) is 32.2 Å². The third-order valence-corrected chi connectivity index (χ3v) is 5.25. The molecule has 162 valence electrons. The molecule has 4 aromatic rings. The molecule has 1 heterocycles. The fourth-order valence-electron chi connectivity index (χ4n) is 3.62. The summed E-state index contributed by atoms with van der Waals surface area (Å²) in [7, 11) is 4.78. The number of anilines is 1. The maximum atomic E-state index is 13.4. The van der Waals surface area contributed by atoms with E-state index in [-0.39, 0.29) is 5.91 Å². The van der Waals surface area contributed by atoms with Crippen LogP contribution in [0.25, 0.3) is 22.2 Å². The number of amides is 1. The van der Waals surface area contributed by atoms with E-state index in [4.69, 9.17) is 19.2 Å². The van der Waals surface area contributed by atoms with E-state index < -0.39 is 0 Å². The van der Waals surface area contributed by atoms with E-state index in [1.807, 2.05) is 61.5 Å². The van der Waals surface area contributed by atoms with Gasteiger partial charge in [-0.2, -0.15) is 0 Å². The van der Waals surface area contributed by atoms with Crippen molar-refractivity contribution >= 4 is 22.5 Å². The van der Waals surface area contributed by atoms with Gasteiger partial charge in [-0.15, -0.1) is 0 Å². The first-order valence-electron chi connectivity index (χ1n) is 10.1. The molecule has 0 unspecified atom stereocenters. The lowest BCUT2D eigenvalue weighted by Gasteiger charge is -2.14. The molecule has 32 heavy (non-hydrogen) atoms. The van der Waals surface area contributed by atoms with Crippen LogP contribution in [0.1, 0.15) is 15.9 Å². The van der Waals surface area contributed by atoms with Crippen LogP contribution in [0.4, 0.5) is 5.69 Å². The molecule has 0 spiro atoms. The van der Waals surface area contributed by atoms with Gasteiger partial charge in [0.2, 0.25) is 0 Å². The Kier molecular flexibility index (Phi) is 5.94. The predicted octanol–water partition coefficient (Wildman–Crippen LogP) is 5.49. The van der Waals surface area contributed by atoms with Crippen LogP contribution >= 0.6 is 0 Å². The van der Waals surface area contributed by atoms with Crippen molar-refractivity contribution in [3.05, 3.63) is 77.9 Å². The number of aryl methyl sites for hydroxylation is 1. The second kappa shape index (κ2) is 8.98. The average Bonchev–Trinajstić information content (AvgIpc) is 2.83. The van der Waals surface area contributed by atoms with Crippen molar-refractivity contribution in [3.63, 3.8) is 0 Å². The number of hydrogen-bond acceptors (Lipinski definition) is 5. The van der Waals surface area contributed by atoms with Crippen LogP contribution in [0.15, 0.2) is 66.7 Å². The van der Waals surface area contributed by atoms with Crippen molar-refractivity contribution in [1.29, 1.82) is 0 Å². The minimum atomic E-state index is -0.249. The van der Waals surface area contributed by atoms with Crippen molar-refractivity contribution in [2.45, 2.75) is 6.92 Å². The Morgan fingerprint density at radius 3 is 2.38 bits per heavy atom. The fraction of sp³-hybridized carbons (Fsp3) is 0.154. The first-order valence-corrected chi connectivity index (χ1v) is 10.1. The van der Waals surface area contributed by atoms with Crippen molar-refractivity contribution in [1.82, 2.24) is 4.98 Å². The summed E-state index contributed by atoms with van der Waals surface area (Å²) in [6.45, 7) is 1.96. The maximum Gasteiger partial charge on any atom is 0.256 e. The van der Waals surface area contributed by atoms with Crippen LogP contribution in [0.2, 0.25) is 0 Å². The minimum Gasteiger partial charge on any atom is -0.497 e. The number of ether oxygens (including phenoxy) is 3. The molecule has 0 radical (unpaired) electrons. The highest BCUT2D eigenvalue weighted by Gasteiger charge is 2.18. The molecule has 0 aliphatic heterocycles. The number of carbonyl (C=O) groups is 1. The second-order valence-corrected chi connectivity index (χ2v) is 7.30. The molecule has 0 saturated heterocycles. The Labute approximate surface area is 186 Å². The summed E-state index contributed by atoms with van der Waals surface area (Å²) in [5.41, 5.74) is 4.24. The number of nitrogens with zero attached hydrogens (tertiary/aromatic N) is 1. The molecule has 1 aromatic heterocycles. The van der Waals surface area contributed by atoms with Gasteiger partial charge < -0.3 is 19.5 Å². The molecule has 0 saturated carbocycles. The molecule has 3 aromatic carbocycles. The summed E-state index contributed by atoms with van der Waals surface area (Å²) in [5, 5.41) is 3.75. The number of carbonyl (C=O) groups excluding carboxylic acids is 1. The van der Waals surface area contributed by atoms with Gasteiger partial charge in [0.15, 0.2) is 0 Å². The van der Waals surface area contributed by atoms with Crippen molar-refractivity contribution in [2.75, 3.05) is 26.6 Å². The molecule has 4 rings (SSSR count). The Morgan fingerprint density at radius 1 is 0.844 bits per heavy atom. The number of nitrogens with one attached hydrogen (secondary N) is 1. The summed E-state index contributed by atoms with van der Waals surface area (Å²) < 4.78 is 16.3. The van der Waals surface area contributed by atoms with E-state index >= 15 is 0 Å². The quantitative estimate of drug-likeness (QED) is 0.440. The summed E-state index contributed by atoms with van der Waals surface area (Å²) in [5.74, 6) is 1.63. The Balaban J connectivity index is 1.84. The topological polar surface area (TPSA) is 69.7 Å². The molecule has 0 atom stereocenters. The lowest BCUT2D eigenvalue weighted by molar-refractivity contribution is 0.102. The number of pyridine rings is 1. The molecule has 6 nitrogen and oxygen atoms in total. The van der Waals surface area contributed by atoms with E-state index in [2.05, 4.69) is 5.32 Å². The molecule has 0 fully saturated rings. The molecule has 1 N–H and O–H groups in total. The van der Waals surface area contributed by atoms with Crippen LogP contribution in [0.3, 0.4) is 0 Å². The predicted molar refractivity (Wildman–Crippen MR) is 126 cm³/mol. The van der Waals surface area contributed by atoms with Gasteiger partial charge in [0.1, 0.15) is 17.2 Å². The van der Waals surface area contributed by atoms with Gasteiger partial charge in [-0.1, -0.05) is 24.3 Å². The van der Waals surface area contributed by atoms with Crippen molar-refractivity contribution in [2.24, 2.45) is 0 Å². The van der Waals surface area contributed by atoms with E-state index in [0.717, 1.165) is 16.5 Å². The highest BCUT2D eigenvalue weighted by atomic mass is 16.5. The van der Waals surface area contributed by atoms with Gasteiger partial charge in [0, 0.05) is 17.0 Å². The SMILES string of the molecule is COc1ccc(-c2cc(C(=O)Nc3cc(C)ccc3OC)c3ccccc3n2)c(OC)c1. The van der Waals surface area contributed by atoms with Crippen LogP contribution < -0.4 is 19.5 Å². The first-order chi connectivity index (χ1) is 15.5. The summed E-state index contributed by atoms with van der Waals surface area (Å²) in [4.78, 5) is 18.2. The standard InChI is InChI=1S/C26H24N2O4/c1-16-9-12-24(31-3)23(13-16)28-26(29)20-15-22(27-21-8-6-5-7-18(20)21)19-11-10-17(30-2)14-25(19)32-4/h5-15H,1-4H3,(H,28,29). The number of fused-ring (bicyclic) bond motifs is 1. The molecule has 6 heteroatoms. The molecule has 0 aliphatic rings. The van der Waals surface area contributed by atoms with E-state index in [9.17, 15) is 4.79 Å². The van der Waals surface area contributed by atoms with Gasteiger partial charge in [-0.3, -0.25) is 4.79 Å². The third-order valence-electron chi connectivity index (χ3n) is 5.25. The Hall–Kier alpha value is -4.06. The van der Waals surface area contributed by atoms with Gasteiger partial charge in [-0.25, -0.2) is 4.98 Å². The zero-order chi connectivity index (χ0) is 22.7. The number of rotatable bonds is 6. The smallest absolute Gasteiger partial charge is 0.256 e. The van der Waals surface area contributed by atoms with E-state index in [1.165, 1.54) is 0 Å². The summed E-state index contributed by atoms with van der Waals surface area (Å²) in [6, 6.07) is 20.5. The number of methoxy groups -OCH3 is 3. The lowest BCUT2D eigenvalue weighted by atomic mass is 10.0. The minimum absolute atomic E-state index is 0.249. The van der Waals surface area contributed by atoms with Gasteiger partial charge in [0.05, 0.1) is 43.8 Å². The second-order valence-electron chi connectivity index (χ2n) is 7.30. The molecular formula is C26H24N2O4. The zero-order valence-corrected chi connectivity index (χ0v) is 18.4. The van der Waals surface area contributed by atoms with Crippen molar-refractivity contribution in [3.8, 4) is 28.5 Å². The normalized spacial score (nSPS) is 10.6. The van der Waals surface area contributed by atoms with Crippen LogP contribution in [0.5, 0.6) is 17.2 Å². The molecule has 0 bridgehead atoms.